The summed E-state index contributed by atoms with van der Waals surface area (Å²) in [5.74, 6) is -2.15. The second-order valence-electron chi connectivity index (χ2n) is 4.18. The number of nitrogens with two attached hydrogens (primary N) is 1. The van der Waals surface area contributed by atoms with E-state index in [-0.39, 0.29) is 23.7 Å². The first-order valence-electron chi connectivity index (χ1n) is 6.20. The molecule has 110 valence electrons. The van der Waals surface area contributed by atoms with E-state index in [0.717, 1.165) is 18.2 Å². The lowest BCUT2D eigenvalue weighted by atomic mass is 10.2. The van der Waals surface area contributed by atoms with Gasteiger partial charge < -0.3 is 15.2 Å². The van der Waals surface area contributed by atoms with E-state index in [1.807, 2.05) is 0 Å². The highest BCUT2D eigenvalue weighted by molar-refractivity contribution is 5.93. The third-order valence-electron chi connectivity index (χ3n) is 2.56. The molecule has 0 bridgehead atoms. The molecule has 0 unspecified atom stereocenters. The Kier molecular flexibility index (Phi) is 4.37. The zero-order valence-electron chi connectivity index (χ0n) is 11.2. The lowest BCUT2D eigenvalue weighted by Gasteiger charge is -2.11. The predicted octanol–water partition coefficient (Wildman–Crippen LogP) is 3.52. The minimum absolute atomic E-state index is 0.0668. The molecular weight excluding hydrogens is 280 g/mol. The van der Waals surface area contributed by atoms with Crippen molar-refractivity contribution in [2.75, 3.05) is 12.3 Å². The molecule has 0 aromatic heterocycles. The summed E-state index contributed by atoms with van der Waals surface area (Å²) >= 11 is 0. The molecule has 2 rings (SSSR count). The second kappa shape index (κ2) is 6.21. The molecule has 0 fully saturated rings. The summed E-state index contributed by atoms with van der Waals surface area (Å²) in [7, 11) is 0. The van der Waals surface area contributed by atoms with E-state index < -0.39 is 17.6 Å². The van der Waals surface area contributed by atoms with Crippen LogP contribution in [-0.2, 0) is 4.74 Å². The molecule has 0 saturated carbocycles. The Hall–Kier alpha value is -2.63. The van der Waals surface area contributed by atoms with Crippen molar-refractivity contribution in [3.8, 4) is 11.5 Å². The minimum atomic E-state index is -0.780. The first-order valence-corrected chi connectivity index (χ1v) is 6.20. The number of rotatable bonds is 4. The molecule has 0 saturated heterocycles. The first kappa shape index (κ1) is 14.8. The van der Waals surface area contributed by atoms with Crippen LogP contribution in [0.4, 0.5) is 14.5 Å². The molecule has 2 aromatic carbocycles. The van der Waals surface area contributed by atoms with E-state index in [0.29, 0.717) is 5.69 Å². The van der Waals surface area contributed by atoms with E-state index in [2.05, 4.69) is 0 Å². The van der Waals surface area contributed by atoms with Gasteiger partial charge >= 0.3 is 5.97 Å². The Morgan fingerprint density at radius 1 is 1.14 bits per heavy atom. The maximum Gasteiger partial charge on any atom is 0.342 e. The van der Waals surface area contributed by atoms with Gasteiger partial charge in [-0.15, -0.1) is 0 Å². The standard InChI is InChI=1S/C15H13F2NO3/c1-2-20-15(19)13-8-11(18)3-4-14(13)21-12-6-9(16)5-10(17)7-12/h3-8H,2,18H2,1H3. The Morgan fingerprint density at radius 3 is 2.43 bits per heavy atom. The highest BCUT2D eigenvalue weighted by atomic mass is 19.1. The molecule has 0 heterocycles. The summed E-state index contributed by atoms with van der Waals surface area (Å²) < 4.78 is 36.5. The molecule has 6 heteroatoms. The van der Waals surface area contributed by atoms with Crippen molar-refractivity contribution in [1.29, 1.82) is 0 Å². The normalized spacial score (nSPS) is 10.2. The van der Waals surface area contributed by atoms with E-state index in [4.69, 9.17) is 15.2 Å². The van der Waals surface area contributed by atoms with Gasteiger partial charge in [-0.05, 0) is 25.1 Å². The van der Waals surface area contributed by atoms with Crippen molar-refractivity contribution >= 4 is 11.7 Å². The highest BCUT2D eigenvalue weighted by Crippen LogP contribution is 2.28. The number of carbonyl (C=O) groups excluding carboxylic acids is 1. The summed E-state index contributed by atoms with van der Waals surface area (Å²) in [6.45, 7) is 1.84. The Balaban J connectivity index is 2.37. The maximum absolute atomic E-state index is 13.1. The first-order chi connectivity index (χ1) is 9.99. The maximum atomic E-state index is 13.1. The van der Waals surface area contributed by atoms with Gasteiger partial charge in [-0.25, -0.2) is 13.6 Å². The number of hydrogen-bond donors (Lipinski definition) is 1. The van der Waals surface area contributed by atoms with Crippen molar-refractivity contribution < 1.29 is 23.0 Å². The van der Waals surface area contributed by atoms with E-state index >= 15 is 0 Å². The lowest BCUT2D eigenvalue weighted by molar-refractivity contribution is 0.0523. The van der Waals surface area contributed by atoms with Crippen LogP contribution in [0.3, 0.4) is 0 Å². The number of halogens is 2. The third-order valence-corrected chi connectivity index (χ3v) is 2.56. The van der Waals surface area contributed by atoms with Crippen LogP contribution < -0.4 is 10.5 Å². The Labute approximate surface area is 120 Å². The fourth-order valence-corrected chi connectivity index (χ4v) is 1.72. The zero-order chi connectivity index (χ0) is 15.4. The molecule has 0 amide bonds. The van der Waals surface area contributed by atoms with Crippen molar-refractivity contribution in [2.24, 2.45) is 0 Å². The monoisotopic (exact) mass is 293 g/mol. The second-order valence-corrected chi connectivity index (χ2v) is 4.18. The summed E-state index contributed by atoms with van der Waals surface area (Å²) in [4.78, 5) is 11.8. The van der Waals surface area contributed by atoms with Gasteiger partial charge in [0.2, 0.25) is 0 Å². The van der Waals surface area contributed by atoms with Crippen LogP contribution >= 0.6 is 0 Å². The summed E-state index contributed by atoms with van der Waals surface area (Å²) in [6, 6.07) is 7.06. The lowest BCUT2D eigenvalue weighted by Crippen LogP contribution is -2.07. The van der Waals surface area contributed by atoms with Crippen LogP contribution in [-0.4, -0.2) is 12.6 Å². The Morgan fingerprint density at radius 2 is 1.81 bits per heavy atom. The molecule has 4 nitrogen and oxygen atoms in total. The van der Waals surface area contributed by atoms with Gasteiger partial charge in [0.15, 0.2) is 0 Å². The van der Waals surface area contributed by atoms with Crippen LogP contribution in [0.5, 0.6) is 11.5 Å². The molecule has 2 aromatic rings. The molecule has 0 aliphatic carbocycles. The number of anilines is 1. The van der Waals surface area contributed by atoms with E-state index in [1.54, 1.807) is 6.92 Å². The van der Waals surface area contributed by atoms with Crippen LogP contribution in [0.1, 0.15) is 17.3 Å². The smallest absolute Gasteiger partial charge is 0.342 e. The number of hydrogen-bond acceptors (Lipinski definition) is 4. The summed E-state index contributed by atoms with van der Waals surface area (Å²) in [5.41, 5.74) is 6.05. The molecule has 21 heavy (non-hydrogen) atoms. The molecule has 0 radical (unpaired) electrons. The molecule has 0 atom stereocenters. The van der Waals surface area contributed by atoms with Crippen LogP contribution in [0, 0.1) is 11.6 Å². The number of nitrogen functional groups attached to an aromatic ring is 1. The molecule has 0 aliphatic heterocycles. The number of ether oxygens (including phenoxy) is 2. The third kappa shape index (κ3) is 3.68. The SMILES string of the molecule is CCOC(=O)c1cc(N)ccc1Oc1cc(F)cc(F)c1. The van der Waals surface area contributed by atoms with Gasteiger partial charge in [0, 0.05) is 23.9 Å². The molecule has 0 aliphatic rings. The highest BCUT2D eigenvalue weighted by Gasteiger charge is 2.15. The minimum Gasteiger partial charge on any atom is -0.462 e. The van der Waals surface area contributed by atoms with E-state index in [1.165, 1.54) is 18.2 Å². The van der Waals surface area contributed by atoms with Gasteiger partial charge in [-0.1, -0.05) is 0 Å². The molecule has 0 spiro atoms. The average Bonchev–Trinajstić information content (AvgIpc) is 2.40. The van der Waals surface area contributed by atoms with Gasteiger partial charge in [0.05, 0.1) is 6.61 Å². The number of carbonyl (C=O) groups is 1. The number of esters is 1. The number of benzene rings is 2. The van der Waals surface area contributed by atoms with Crippen LogP contribution in [0.25, 0.3) is 0 Å². The molecule has 2 N–H and O–H groups in total. The van der Waals surface area contributed by atoms with Crippen LogP contribution in [0.2, 0.25) is 0 Å². The van der Waals surface area contributed by atoms with Crippen molar-refractivity contribution in [3.05, 3.63) is 53.6 Å². The topological polar surface area (TPSA) is 61.5 Å². The quantitative estimate of drug-likeness (QED) is 0.692. The largest absolute Gasteiger partial charge is 0.462 e. The molecular formula is C15H13F2NO3. The fraction of sp³-hybridized carbons (Fsp3) is 0.133. The summed E-state index contributed by atoms with van der Waals surface area (Å²) in [6.07, 6.45) is 0. The van der Waals surface area contributed by atoms with Gasteiger partial charge in [0.1, 0.15) is 28.7 Å². The van der Waals surface area contributed by atoms with Gasteiger partial charge in [0.25, 0.3) is 0 Å². The predicted molar refractivity (Wildman–Crippen MR) is 73.2 cm³/mol. The van der Waals surface area contributed by atoms with Crippen molar-refractivity contribution in [3.63, 3.8) is 0 Å². The van der Waals surface area contributed by atoms with Gasteiger partial charge in [-0.2, -0.15) is 0 Å². The zero-order valence-corrected chi connectivity index (χ0v) is 11.2. The Bertz CT molecular complexity index is 654. The van der Waals surface area contributed by atoms with Crippen molar-refractivity contribution in [2.45, 2.75) is 6.92 Å². The summed E-state index contributed by atoms with van der Waals surface area (Å²) in [5, 5.41) is 0. The van der Waals surface area contributed by atoms with Crippen molar-refractivity contribution in [1.82, 2.24) is 0 Å². The fourth-order valence-electron chi connectivity index (χ4n) is 1.72. The average molecular weight is 293 g/mol. The van der Waals surface area contributed by atoms with Gasteiger partial charge in [-0.3, -0.25) is 0 Å². The van der Waals surface area contributed by atoms with Crippen LogP contribution in [0.15, 0.2) is 36.4 Å². The van der Waals surface area contributed by atoms with E-state index in [9.17, 15) is 13.6 Å².